The van der Waals surface area contributed by atoms with E-state index in [4.69, 9.17) is 17.3 Å². The number of nitrogens with zero attached hydrogens (tertiary/aromatic N) is 1. The molecule has 0 heterocycles. The zero-order valence-corrected chi connectivity index (χ0v) is 14.3. The predicted molar refractivity (Wildman–Crippen MR) is 86.9 cm³/mol. The zero-order chi connectivity index (χ0) is 15.8. The van der Waals surface area contributed by atoms with E-state index in [9.17, 15) is 8.42 Å². The summed E-state index contributed by atoms with van der Waals surface area (Å²) in [6.07, 6.45) is 3.87. The number of rotatable bonds is 3. The second-order valence-corrected chi connectivity index (χ2v) is 9.00. The molecule has 2 rings (SSSR count). The molecule has 1 aliphatic carbocycles. The SMILES string of the molecule is CN(C1CCC(C)(C)CC1)S(=O)(=O)c1ccc(N)c(Cl)c1. The van der Waals surface area contributed by atoms with E-state index in [1.54, 1.807) is 7.05 Å². The fraction of sp³-hybridized carbons (Fsp3) is 0.600. The first-order valence-corrected chi connectivity index (χ1v) is 8.98. The van der Waals surface area contributed by atoms with Crippen LogP contribution in [0.15, 0.2) is 23.1 Å². The van der Waals surface area contributed by atoms with Crippen LogP contribution in [-0.4, -0.2) is 25.8 Å². The maximum absolute atomic E-state index is 12.7. The van der Waals surface area contributed by atoms with Gasteiger partial charge in [-0.3, -0.25) is 0 Å². The van der Waals surface area contributed by atoms with Crippen LogP contribution in [0.1, 0.15) is 39.5 Å². The molecular weight excluding hydrogens is 308 g/mol. The Hall–Kier alpha value is -0.780. The van der Waals surface area contributed by atoms with Crippen LogP contribution in [0.3, 0.4) is 0 Å². The molecule has 0 amide bonds. The Morgan fingerprint density at radius 2 is 1.86 bits per heavy atom. The Morgan fingerprint density at radius 3 is 2.38 bits per heavy atom. The highest BCUT2D eigenvalue weighted by Crippen LogP contribution is 2.38. The van der Waals surface area contributed by atoms with E-state index >= 15 is 0 Å². The maximum Gasteiger partial charge on any atom is 0.243 e. The van der Waals surface area contributed by atoms with Crippen molar-refractivity contribution in [3.8, 4) is 0 Å². The molecule has 0 spiro atoms. The third kappa shape index (κ3) is 3.52. The van der Waals surface area contributed by atoms with Gasteiger partial charge in [0.05, 0.1) is 15.6 Å². The average molecular weight is 331 g/mol. The summed E-state index contributed by atoms with van der Waals surface area (Å²) in [7, 11) is -1.87. The lowest BCUT2D eigenvalue weighted by molar-refractivity contribution is 0.174. The molecule has 4 nitrogen and oxygen atoms in total. The lowest BCUT2D eigenvalue weighted by atomic mass is 9.76. The van der Waals surface area contributed by atoms with Crippen molar-refractivity contribution in [2.24, 2.45) is 5.41 Å². The van der Waals surface area contributed by atoms with Crippen molar-refractivity contribution in [3.63, 3.8) is 0 Å². The quantitative estimate of drug-likeness (QED) is 0.862. The van der Waals surface area contributed by atoms with Crippen molar-refractivity contribution in [1.29, 1.82) is 0 Å². The van der Waals surface area contributed by atoms with Gasteiger partial charge < -0.3 is 5.73 Å². The molecular formula is C15H23ClN2O2S. The first kappa shape index (κ1) is 16.6. The van der Waals surface area contributed by atoms with Gasteiger partial charge in [0.25, 0.3) is 0 Å². The van der Waals surface area contributed by atoms with Gasteiger partial charge in [-0.15, -0.1) is 0 Å². The molecule has 1 fully saturated rings. The average Bonchev–Trinajstić information content (AvgIpc) is 2.41. The molecule has 118 valence electrons. The van der Waals surface area contributed by atoms with Crippen molar-refractivity contribution in [2.45, 2.75) is 50.5 Å². The Labute approximate surface area is 132 Å². The molecule has 1 aromatic rings. The zero-order valence-electron chi connectivity index (χ0n) is 12.8. The third-order valence-corrected chi connectivity index (χ3v) is 6.71. The first-order valence-electron chi connectivity index (χ1n) is 7.16. The molecule has 0 aliphatic heterocycles. The van der Waals surface area contributed by atoms with Crippen molar-refractivity contribution in [3.05, 3.63) is 23.2 Å². The van der Waals surface area contributed by atoms with Gasteiger partial charge in [0.1, 0.15) is 0 Å². The molecule has 0 unspecified atom stereocenters. The van der Waals surface area contributed by atoms with Gasteiger partial charge in [-0.1, -0.05) is 25.4 Å². The number of nitrogens with two attached hydrogens (primary N) is 1. The summed E-state index contributed by atoms with van der Waals surface area (Å²) >= 11 is 5.94. The Bertz CT molecular complexity index is 619. The van der Waals surface area contributed by atoms with Gasteiger partial charge in [0.2, 0.25) is 10.0 Å². The van der Waals surface area contributed by atoms with E-state index in [0.717, 1.165) is 25.7 Å². The Morgan fingerprint density at radius 1 is 1.29 bits per heavy atom. The van der Waals surface area contributed by atoms with Crippen molar-refractivity contribution < 1.29 is 8.42 Å². The molecule has 0 radical (unpaired) electrons. The standard InChI is InChI=1S/C15H23ClN2O2S/c1-15(2)8-6-11(7-9-15)18(3)21(19,20)12-4-5-14(17)13(16)10-12/h4-5,10-11H,6-9,17H2,1-3H3. The van der Waals surface area contributed by atoms with Crippen LogP contribution in [0.2, 0.25) is 5.02 Å². The van der Waals surface area contributed by atoms with Crippen LogP contribution < -0.4 is 5.73 Å². The van der Waals surface area contributed by atoms with E-state index in [1.165, 1.54) is 22.5 Å². The molecule has 0 aromatic heterocycles. The topological polar surface area (TPSA) is 63.4 Å². The summed E-state index contributed by atoms with van der Waals surface area (Å²) in [6.45, 7) is 4.47. The van der Waals surface area contributed by atoms with Gasteiger partial charge in [-0.25, -0.2) is 8.42 Å². The summed E-state index contributed by atoms with van der Waals surface area (Å²) in [6, 6.07) is 4.53. The molecule has 1 saturated carbocycles. The Kier molecular flexibility index (Phi) is 4.57. The minimum absolute atomic E-state index is 0.0550. The lowest BCUT2D eigenvalue weighted by Crippen LogP contribution is -2.40. The van der Waals surface area contributed by atoms with Crippen molar-refractivity contribution in [1.82, 2.24) is 4.31 Å². The van der Waals surface area contributed by atoms with Gasteiger partial charge in [0.15, 0.2) is 0 Å². The predicted octanol–water partition coefficient (Wildman–Crippen LogP) is 3.51. The first-order chi connectivity index (χ1) is 9.63. The van der Waals surface area contributed by atoms with Crippen LogP contribution in [0.25, 0.3) is 0 Å². The molecule has 0 saturated heterocycles. The van der Waals surface area contributed by atoms with E-state index < -0.39 is 10.0 Å². The number of nitrogen functional groups attached to an aromatic ring is 1. The summed E-state index contributed by atoms with van der Waals surface area (Å²) < 4.78 is 26.9. The number of hydrogen-bond donors (Lipinski definition) is 1. The summed E-state index contributed by atoms with van der Waals surface area (Å²) in [5, 5.41) is 0.272. The highest BCUT2D eigenvalue weighted by molar-refractivity contribution is 7.89. The van der Waals surface area contributed by atoms with Crippen LogP contribution in [0.4, 0.5) is 5.69 Å². The van der Waals surface area contributed by atoms with Crippen LogP contribution >= 0.6 is 11.6 Å². The van der Waals surface area contributed by atoms with Crippen LogP contribution in [0.5, 0.6) is 0 Å². The molecule has 21 heavy (non-hydrogen) atoms. The number of sulfonamides is 1. The van der Waals surface area contributed by atoms with Crippen LogP contribution in [-0.2, 0) is 10.0 Å². The molecule has 0 atom stereocenters. The molecule has 1 aromatic carbocycles. The molecule has 6 heteroatoms. The lowest BCUT2D eigenvalue weighted by Gasteiger charge is -2.38. The second kappa shape index (κ2) is 5.78. The van der Waals surface area contributed by atoms with Crippen molar-refractivity contribution in [2.75, 3.05) is 12.8 Å². The minimum atomic E-state index is -3.52. The van der Waals surface area contributed by atoms with Gasteiger partial charge in [0, 0.05) is 13.1 Å². The smallest absolute Gasteiger partial charge is 0.243 e. The van der Waals surface area contributed by atoms with E-state index in [1.807, 2.05) is 0 Å². The molecule has 1 aliphatic rings. The Balaban J connectivity index is 2.21. The number of hydrogen-bond acceptors (Lipinski definition) is 3. The molecule has 2 N–H and O–H groups in total. The van der Waals surface area contributed by atoms with E-state index in [-0.39, 0.29) is 16.0 Å². The third-order valence-electron chi connectivity index (χ3n) is 4.47. The van der Waals surface area contributed by atoms with E-state index in [2.05, 4.69) is 13.8 Å². The largest absolute Gasteiger partial charge is 0.398 e. The fourth-order valence-corrected chi connectivity index (χ4v) is 4.47. The second-order valence-electron chi connectivity index (χ2n) is 6.60. The number of halogens is 1. The maximum atomic E-state index is 12.7. The fourth-order valence-electron chi connectivity index (χ4n) is 2.78. The minimum Gasteiger partial charge on any atom is -0.398 e. The molecule has 0 bridgehead atoms. The highest BCUT2D eigenvalue weighted by Gasteiger charge is 2.34. The normalized spacial score (nSPS) is 19.9. The summed E-state index contributed by atoms with van der Waals surface area (Å²) in [5.41, 5.74) is 6.34. The van der Waals surface area contributed by atoms with Gasteiger partial charge >= 0.3 is 0 Å². The van der Waals surface area contributed by atoms with Crippen LogP contribution in [0, 0.1) is 5.41 Å². The highest BCUT2D eigenvalue weighted by atomic mass is 35.5. The van der Waals surface area contributed by atoms with Gasteiger partial charge in [-0.05, 0) is 49.3 Å². The number of anilines is 1. The van der Waals surface area contributed by atoms with Crippen molar-refractivity contribution >= 4 is 27.3 Å². The number of benzene rings is 1. The van der Waals surface area contributed by atoms with Gasteiger partial charge in [-0.2, -0.15) is 4.31 Å². The summed E-state index contributed by atoms with van der Waals surface area (Å²) in [4.78, 5) is 0.203. The monoisotopic (exact) mass is 330 g/mol. The summed E-state index contributed by atoms with van der Waals surface area (Å²) in [5.74, 6) is 0. The van der Waals surface area contributed by atoms with E-state index in [0.29, 0.717) is 11.1 Å².